The standard InChI is InChI=1S/C29H37N3O4S2/c1-6-15-32(29(34)30-23-8-10-24(37-5)11-9-23)20-28(33)31(19-27-21(2)14-17-38-27)16-13-22-7-12-25(35-3)26(18-22)36-4/h7-12,14,17-18H,6,13,15-16,19-20H2,1-5H3,(H,30,34). The monoisotopic (exact) mass is 555 g/mol. The Balaban J connectivity index is 1.73. The molecule has 0 aliphatic carbocycles. The van der Waals surface area contributed by atoms with Gasteiger partial charge in [-0.15, -0.1) is 23.1 Å². The fourth-order valence-corrected chi connectivity index (χ4v) is 5.32. The van der Waals surface area contributed by atoms with Crippen molar-refractivity contribution in [2.45, 2.75) is 38.1 Å². The molecule has 0 spiro atoms. The molecule has 0 unspecified atom stereocenters. The van der Waals surface area contributed by atoms with Crippen LogP contribution in [-0.2, 0) is 17.8 Å². The van der Waals surface area contributed by atoms with Gasteiger partial charge in [0.25, 0.3) is 0 Å². The van der Waals surface area contributed by atoms with Gasteiger partial charge in [-0.2, -0.15) is 0 Å². The van der Waals surface area contributed by atoms with Crippen molar-refractivity contribution in [3.05, 3.63) is 69.9 Å². The van der Waals surface area contributed by atoms with E-state index in [1.165, 1.54) is 0 Å². The zero-order valence-electron chi connectivity index (χ0n) is 22.8. The summed E-state index contributed by atoms with van der Waals surface area (Å²) in [5.74, 6) is 1.25. The number of benzene rings is 2. The molecule has 38 heavy (non-hydrogen) atoms. The number of anilines is 1. The third-order valence-corrected chi connectivity index (χ3v) is 7.97. The van der Waals surface area contributed by atoms with Crippen LogP contribution in [0.1, 0.15) is 29.3 Å². The van der Waals surface area contributed by atoms with Gasteiger partial charge in [0.05, 0.1) is 20.8 Å². The summed E-state index contributed by atoms with van der Waals surface area (Å²) in [6.07, 6.45) is 3.41. The molecule has 0 aliphatic heterocycles. The molecular formula is C29H37N3O4S2. The molecule has 0 bridgehead atoms. The highest BCUT2D eigenvalue weighted by atomic mass is 32.2. The molecule has 1 N–H and O–H groups in total. The van der Waals surface area contributed by atoms with Crippen molar-refractivity contribution in [2.75, 3.05) is 45.4 Å². The van der Waals surface area contributed by atoms with E-state index in [1.807, 2.05) is 65.9 Å². The summed E-state index contributed by atoms with van der Waals surface area (Å²) in [6.45, 7) is 5.58. The van der Waals surface area contributed by atoms with Crippen LogP contribution in [0.25, 0.3) is 0 Å². The maximum atomic E-state index is 13.6. The highest BCUT2D eigenvalue weighted by Gasteiger charge is 2.22. The number of thiophene rings is 1. The van der Waals surface area contributed by atoms with Crippen molar-refractivity contribution < 1.29 is 19.1 Å². The Morgan fingerprint density at radius 3 is 2.32 bits per heavy atom. The highest BCUT2D eigenvalue weighted by molar-refractivity contribution is 7.98. The SMILES string of the molecule is CCCN(CC(=O)N(CCc1ccc(OC)c(OC)c1)Cc1sccc1C)C(=O)Nc1ccc(SC)cc1. The zero-order valence-corrected chi connectivity index (χ0v) is 24.4. The molecule has 3 amide bonds. The fourth-order valence-electron chi connectivity index (χ4n) is 3.99. The Morgan fingerprint density at radius 1 is 0.974 bits per heavy atom. The Hall–Kier alpha value is -3.17. The minimum Gasteiger partial charge on any atom is -0.493 e. The summed E-state index contributed by atoms with van der Waals surface area (Å²) in [4.78, 5) is 32.4. The summed E-state index contributed by atoms with van der Waals surface area (Å²) in [5.41, 5.74) is 2.91. The Bertz CT molecular complexity index is 1200. The molecule has 2 aromatic carbocycles. The van der Waals surface area contributed by atoms with Crippen LogP contribution < -0.4 is 14.8 Å². The van der Waals surface area contributed by atoms with Crippen LogP contribution >= 0.6 is 23.1 Å². The van der Waals surface area contributed by atoms with Gasteiger partial charge in [-0.05, 0) is 85.0 Å². The molecule has 0 fully saturated rings. The van der Waals surface area contributed by atoms with Crippen LogP contribution in [0.15, 0.2) is 58.8 Å². The first-order valence-corrected chi connectivity index (χ1v) is 14.7. The van der Waals surface area contributed by atoms with Gasteiger partial charge in [-0.1, -0.05) is 13.0 Å². The molecule has 1 aromatic heterocycles. The molecule has 0 saturated carbocycles. The number of ether oxygens (including phenoxy) is 2. The third-order valence-electron chi connectivity index (χ3n) is 6.22. The number of amides is 3. The number of thioether (sulfide) groups is 1. The summed E-state index contributed by atoms with van der Waals surface area (Å²) in [7, 11) is 3.22. The van der Waals surface area contributed by atoms with E-state index in [1.54, 1.807) is 42.2 Å². The number of aryl methyl sites for hydroxylation is 1. The average Bonchev–Trinajstić information content (AvgIpc) is 3.34. The quantitative estimate of drug-likeness (QED) is 0.250. The van der Waals surface area contributed by atoms with E-state index in [0.29, 0.717) is 43.2 Å². The lowest BCUT2D eigenvalue weighted by Gasteiger charge is -2.28. The van der Waals surface area contributed by atoms with E-state index in [-0.39, 0.29) is 18.5 Å². The van der Waals surface area contributed by atoms with Gasteiger partial charge in [-0.25, -0.2) is 4.79 Å². The number of hydrogen-bond donors (Lipinski definition) is 1. The minimum absolute atomic E-state index is 0.0128. The first-order chi connectivity index (χ1) is 18.4. The zero-order chi connectivity index (χ0) is 27.5. The second-order valence-corrected chi connectivity index (χ2v) is 10.7. The van der Waals surface area contributed by atoms with Crippen molar-refractivity contribution in [3.8, 4) is 11.5 Å². The molecule has 1 heterocycles. The predicted octanol–water partition coefficient (Wildman–Crippen LogP) is 6.31. The molecule has 7 nitrogen and oxygen atoms in total. The second-order valence-electron chi connectivity index (χ2n) is 8.86. The summed E-state index contributed by atoms with van der Waals surface area (Å²) in [6, 6.07) is 15.3. The number of carbonyl (C=O) groups excluding carboxylic acids is 2. The van der Waals surface area contributed by atoms with Crippen molar-refractivity contribution in [1.82, 2.24) is 9.80 Å². The molecular weight excluding hydrogens is 518 g/mol. The van der Waals surface area contributed by atoms with Crippen LogP contribution in [0.2, 0.25) is 0 Å². The molecule has 3 rings (SSSR count). The molecule has 0 aliphatic rings. The number of hydrogen-bond acceptors (Lipinski definition) is 6. The summed E-state index contributed by atoms with van der Waals surface area (Å²) in [5, 5.41) is 4.98. The second kappa shape index (κ2) is 14.7. The number of carbonyl (C=O) groups is 2. The van der Waals surface area contributed by atoms with Gasteiger partial charge >= 0.3 is 6.03 Å². The van der Waals surface area contributed by atoms with Crippen LogP contribution in [0.5, 0.6) is 11.5 Å². The minimum atomic E-state index is -0.274. The van der Waals surface area contributed by atoms with Crippen molar-refractivity contribution in [1.29, 1.82) is 0 Å². The van der Waals surface area contributed by atoms with Crippen molar-refractivity contribution >= 4 is 40.7 Å². The van der Waals surface area contributed by atoms with Crippen LogP contribution in [-0.4, -0.2) is 61.8 Å². The predicted molar refractivity (Wildman–Crippen MR) is 157 cm³/mol. The topological polar surface area (TPSA) is 71.1 Å². The van der Waals surface area contributed by atoms with E-state index in [0.717, 1.165) is 27.3 Å². The van der Waals surface area contributed by atoms with E-state index in [9.17, 15) is 9.59 Å². The molecule has 0 radical (unpaired) electrons. The smallest absolute Gasteiger partial charge is 0.322 e. The van der Waals surface area contributed by atoms with Crippen LogP contribution in [0.3, 0.4) is 0 Å². The summed E-state index contributed by atoms with van der Waals surface area (Å²) < 4.78 is 10.8. The van der Waals surface area contributed by atoms with Gasteiger partial charge in [0.2, 0.25) is 5.91 Å². The van der Waals surface area contributed by atoms with Gasteiger partial charge in [0.15, 0.2) is 11.5 Å². The van der Waals surface area contributed by atoms with E-state index in [2.05, 4.69) is 18.3 Å². The largest absolute Gasteiger partial charge is 0.493 e. The van der Waals surface area contributed by atoms with Gasteiger partial charge in [-0.3, -0.25) is 4.79 Å². The maximum Gasteiger partial charge on any atom is 0.322 e. The highest BCUT2D eigenvalue weighted by Crippen LogP contribution is 2.28. The van der Waals surface area contributed by atoms with Gasteiger partial charge in [0, 0.05) is 28.5 Å². The lowest BCUT2D eigenvalue weighted by atomic mass is 10.1. The van der Waals surface area contributed by atoms with Gasteiger partial charge < -0.3 is 24.6 Å². The number of methoxy groups -OCH3 is 2. The van der Waals surface area contributed by atoms with Crippen LogP contribution in [0.4, 0.5) is 10.5 Å². The van der Waals surface area contributed by atoms with E-state index >= 15 is 0 Å². The first-order valence-electron chi connectivity index (χ1n) is 12.6. The molecule has 0 saturated heterocycles. The van der Waals surface area contributed by atoms with Crippen LogP contribution in [0, 0.1) is 6.92 Å². The molecule has 3 aromatic rings. The lowest BCUT2D eigenvalue weighted by molar-refractivity contribution is -0.132. The molecule has 204 valence electrons. The number of nitrogens with zero attached hydrogens (tertiary/aromatic N) is 2. The molecule has 9 heteroatoms. The van der Waals surface area contributed by atoms with Gasteiger partial charge in [0.1, 0.15) is 6.54 Å². The maximum absolute atomic E-state index is 13.6. The Labute approximate surface area is 234 Å². The van der Waals surface area contributed by atoms with Crippen molar-refractivity contribution in [3.63, 3.8) is 0 Å². The number of urea groups is 1. The number of rotatable bonds is 13. The summed E-state index contributed by atoms with van der Waals surface area (Å²) >= 11 is 3.29. The van der Waals surface area contributed by atoms with E-state index < -0.39 is 0 Å². The van der Waals surface area contributed by atoms with Crippen molar-refractivity contribution in [2.24, 2.45) is 0 Å². The number of nitrogens with one attached hydrogen (secondary N) is 1. The normalized spacial score (nSPS) is 10.7. The Kier molecular flexibility index (Phi) is 11.4. The van der Waals surface area contributed by atoms with E-state index in [4.69, 9.17) is 9.47 Å². The fraction of sp³-hybridized carbons (Fsp3) is 0.379. The Morgan fingerprint density at radius 2 is 1.71 bits per heavy atom. The lowest BCUT2D eigenvalue weighted by Crippen LogP contribution is -2.45. The molecule has 0 atom stereocenters. The first kappa shape index (κ1) is 29.4. The average molecular weight is 556 g/mol. The third kappa shape index (κ3) is 8.16.